The van der Waals surface area contributed by atoms with E-state index < -0.39 is 17.9 Å². The minimum absolute atomic E-state index is 0.0597. The highest BCUT2D eigenvalue weighted by atomic mass is 35.5. The van der Waals surface area contributed by atoms with Crippen LogP contribution in [0.3, 0.4) is 0 Å². The number of rotatable bonds is 2. The van der Waals surface area contributed by atoms with E-state index >= 15 is 0 Å². The Morgan fingerprint density at radius 3 is 2.36 bits per heavy atom. The molecule has 1 heterocycles. The van der Waals surface area contributed by atoms with Crippen LogP contribution in [0, 0.1) is 0 Å². The van der Waals surface area contributed by atoms with Crippen LogP contribution >= 0.6 is 23.2 Å². The molecule has 2 aromatic rings. The topological polar surface area (TPSA) is 69.7 Å². The normalized spacial score (nSPS) is 12.8. The van der Waals surface area contributed by atoms with Gasteiger partial charge in [0, 0.05) is 0 Å². The summed E-state index contributed by atoms with van der Waals surface area (Å²) >= 11 is 11.6. The van der Waals surface area contributed by atoms with E-state index in [0.29, 0.717) is 5.02 Å². The van der Waals surface area contributed by atoms with Crippen molar-refractivity contribution in [2.75, 3.05) is 0 Å². The maximum Gasteiger partial charge on any atom is 0.347 e. The highest BCUT2D eigenvalue weighted by Crippen LogP contribution is 2.26. The number of carbonyl (C=O) groups excluding carboxylic acids is 3. The van der Waals surface area contributed by atoms with Crippen LogP contribution in [0.5, 0.6) is 5.75 Å². The molecule has 0 amide bonds. The fourth-order valence-corrected chi connectivity index (χ4v) is 2.22. The molecule has 0 saturated carbocycles. The number of fused-ring (bicyclic) bond motifs is 1. The second kappa shape index (κ2) is 5.44. The first-order valence-electron chi connectivity index (χ1n) is 6.03. The Kier molecular flexibility index (Phi) is 3.60. The van der Waals surface area contributed by atoms with Crippen molar-refractivity contribution in [3.05, 3.63) is 63.1 Å². The zero-order chi connectivity index (χ0) is 15.9. The summed E-state index contributed by atoms with van der Waals surface area (Å²) in [5.41, 5.74) is 0.400. The lowest BCUT2D eigenvalue weighted by atomic mass is 10.1. The van der Waals surface area contributed by atoms with E-state index in [1.807, 2.05) is 0 Å². The molecular formula is C15H6Cl2O5. The number of carbonyl (C=O) groups is 3. The van der Waals surface area contributed by atoms with Gasteiger partial charge in [-0.1, -0.05) is 23.2 Å². The van der Waals surface area contributed by atoms with Gasteiger partial charge >= 0.3 is 17.9 Å². The number of ether oxygens (including phenoxy) is 2. The highest BCUT2D eigenvalue weighted by Gasteiger charge is 2.30. The van der Waals surface area contributed by atoms with Crippen LogP contribution < -0.4 is 4.74 Å². The number of cyclic esters (lactones) is 2. The molecule has 0 saturated heterocycles. The first kappa shape index (κ1) is 14.6. The average Bonchev–Trinajstić information content (AvgIpc) is 2.76. The van der Waals surface area contributed by atoms with E-state index in [0.717, 1.165) is 0 Å². The lowest BCUT2D eigenvalue weighted by Gasteiger charge is -2.05. The van der Waals surface area contributed by atoms with Crippen LogP contribution in [0.2, 0.25) is 10.0 Å². The minimum Gasteiger partial charge on any atom is -0.423 e. The first-order chi connectivity index (χ1) is 10.5. The Labute approximate surface area is 134 Å². The molecule has 0 atom stereocenters. The summed E-state index contributed by atoms with van der Waals surface area (Å²) in [5, 5.41) is 0.538. The summed E-state index contributed by atoms with van der Waals surface area (Å²) in [7, 11) is 0. The molecular weight excluding hydrogens is 331 g/mol. The Bertz CT molecular complexity index is 829. The van der Waals surface area contributed by atoms with Crippen LogP contribution in [-0.2, 0) is 4.74 Å². The molecule has 110 valence electrons. The van der Waals surface area contributed by atoms with Crippen molar-refractivity contribution in [1.82, 2.24) is 0 Å². The molecule has 5 nitrogen and oxygen atoms in total. The Morgan fingerprint density at radius 2 is 1.64 bits per heavy atom. The lowest BCUT2D eigenvalue weighted by molar-refractivity contribution is 0.0442. The van der Waals surface area contributed by atoms with Crippen molar-refractivity contribution >= 4 is 41.1 Å². The van der Waals surface area contributed by atoms with Crippen LogP contribution in [0.25, 0.3) is 0 Å². The van der Waals surface area contributed by atoms with Crippen molar-refractivity contribution in [2.45, 2.75) is 0 Å². The molecule has 0 bridgehead atoms. The fourth-order valence-electron chi connectivity index (χ4n) is 1.92. The Hall–Kier alpha value is -2.37. The molecule has 1 aliphatic rings. The van der Waals surface area contributed by atoms with Crippen molar-refractivity contribution in [2.24, 2.45) is 0 Å². The molecule has 0 N–H and O–H groups in total. The standard InChI is InChI=1S/C15H6Cl2O5/c16-11-4-1-7(5-12(11)17)13(18)21-8-2-3-9-10(6-8)15(20)22-14(9)19/h1-6H. The van der Waals surface area contributed by atoms with E-state index in [-0.39, 0.29) is 27.5 Å². The van der Waals surface area contributed by atoms with Gasteiger partial charge in [-0.15, -0.1) is 0 Å². The summed E-state index contributed by atoms with van der Waals surface area (Å²) in [5.74, 6) is -2.05. The van der Waals surface area contributed by atoms with Crippen molar-refractivity contribution in [3.8, 4) is 5.75 Å². The number of esters is 3. The van der Waals surface area contributed by atoms with Gasteiger partial charge in [0.15, 0.2) is 0 Å². The van der Waals surface area contributed by atoms with Crippen LogP contribution in [0.1, 0.15) is 31.1 Å². The third-order valence-electron chi connectivity index (χ3n) is 2.98. The maximum atomic E-state index is 12.0. The van der Waals surface area contributed by atoms with Crippen molar-refractivity contribution in [3.63, 3.8) is 0 Å². The van der Waals surface area contributed by atoms with Gasteiger partial charge in [0.25, 0.3) is 0 Å². The fraction of sp³-hybridized carbons (Fsp3) is 0. The maximum absolute atomic E-state index is 12.0. The van der Waals surface area contributed by atoms with Crippen LogP contribution in [0.4, 0.5) is 0 Å². The predicted octanol–water partition coefficient (Wildman–Crippen LogP) is 3.52. The Morgan fingerprint density at radius 1 is 0.909 bits per heavy atom. The van der Waals surface area contributed by atoms with E-state index in [4.69, 9.17) is 27.9 Å². The summed E-state index contributed by atoms with van der Waals surface area (Å²) in [6, 6.07) is 8.34. The van der Waals surface area contributed by atoms with Gasteiger partial charge in [-0.3, -0.25) is 0 Å². The zero-order valence-corrected chi connectivity index (χ0v) is 12.3. The smallest absolute Gasteiger partial charge is 0.347 e. The number of hydrogen-bond acceptors (Lipinski definition) is 5. The van der Waals surface area contributed by atoms with Crippen LogP contribution in [-0.4, -0.2) is 17.9 Å². The number of benzene rings is 2. The SMILES string of the molecule is O=C(Oc1ccc2c(c1)C(=O)OC2=O)c1ccc(Cl)c(Cl)c1. The van der Waals surface area contributed by atoms with Gasteiger partial charge < -0.3 is 9.47 Å². The molecule has 22 heavy (non-hydrogen) atoms. The molecule has 1 aliphatic heterocycles. The Balaban J connectivity index is 1.86. The van der Waals surface area contributed by atoms with Gasteiger partial charge in [0.2, 0.25) is 0 Å². The van der Waals surface area contributed by atoms with Gasteiger partial charge in [-0.25, -0.2) is 14.4 Å². The van der Waals surface area contributed by atoms with Crippen molar-refractivity contribution < 1.29 is 23.9 Å². The average molecular weight is 337 g/mol. The third-order valence-corrected chi connectivity index (χ3v) is 3.72. The molecule has 2 aromatic carbocycles. The summed E-state index contributed by atoms with van der Waals surface area (Å²) in [6.45, 7) is 0. The first-order valence-corrected chi connectivity index (χ1v) is 6.79. The molecule has 7 heteroatoms. The second-order valence-corrected chi connectivity index (χ2v) is 5.22. The third kappa shape index (κ3) is 2.56. The van der Waals surface area contributed by atoms with Gasteiger partial charge in [-0.05, 0) is 36.4 Å². The molecule has 0 radical (unpaired) electrons. The lowest BCUT2D eigenvalue weighted by Crippen LogP contribution is -2.09. The largest absolute Gasteiger partial charge is 0.423 e. The number of hydrogen-bond donors (Lipinski definition) is 0. The summed E-state index contributed by atoms with van der Waals surface area (Å²) in [6.07, 6.45) is 0. The van der Waals surface area contributed by atoms with E-state index in [2.05, 4.69) is 4.74 Å². The van der Waals surface area contributed by atoms with E-state index in [9.17, 15) is 14.4 Å². The van der Waals surface area contributed by atoms with E-state index in [1.54, 1.807) is 0 Å². The number of halogens is 2. The monoisotopic (exact) mass is 336 g/mol. The highest BCUT2D eigenvalue weighted by molar-refractivity contribution is 6.42. The van der Waals surface area contributed by atoms with E-state index in [1.165, 1.54) is 36.4 Å². The van der Waals surface area contributed by atoms with Crippen molar-refractivity contribution in [1.29, 1.82) is 0 Å². The quantitative estimate of drug-likeness (QED) is 0.476. The molecule has 0 spiro atoms. The molecule has 3 rings (SSSR count). The zero-order valence-electron chi connectivity index (χ0n) is 10.8. The summed E-state index contributed by atoms with van der Waals surface area (Å²) < 4.78 is 9.60. The van der Waals surface area contributed by atoms with Gasteiger partial charge in [0.1, 0.15) is 5.75 Å². The minimum atomic E-state index is -0.771. The predicted molar refractivity (Wildman–Crippen MR) is 77.6 cm³/mol. The summed E-state index contributed by atoms with van der Waals surface area (Å²) in [4.78, 5) is 34.8. The van der Waals surface area contributed by atoms with Crippen LogP contribution in [0.15, 0.2) is 36.4 Å². The molecule has 0 aliphatic carbocycles. The van der Waals surface area contributed by atoms with Gasteiger partial charge in [0.05, 0.1) is 26.7 Å². The molecule has 0 fully saturated rings. The van der Waals surface area contributed by atoms with Gasteiger partial charge in [-0.2, -0.15) is 0 Å². The second-order valence-electron chi connectivity index (χ2n) is 4.40. The molecule has 0 aromatic heterocycles. The molecule has 0 unspecified atom stereocenters.